The molecule has 1 atom stereocenters. The molecular weight excluding hydrogens is 346 g/mol. The highest BCUT2D eigenvalue weighted by atomic mass is 16.6. The largest absolute Gasteiger partial charge is 0.482 e. The third-order valence-corrected chi connectivity index (χ3v) is 4.47. The molecule has 6 heteroatoms. The fourth-order valence-electron chi connectivity index (χ4n) is 3.01. The first-order chi connectivity index (χ1) is 13.1. The minimum absolute atomic E-state index is 0.215. The Morgan fingerprint density at radius 2 is 1.81 bits per heavy atom. The molecule has 2 aromatic rings. The first kappa shape index (κ1) is 18.6. The molecule has 0 bridgehead atoms. The van der Waals surface area contributed by atoms with Crippen molar-refractivity contribution in [3.05, 3.63) is 65.2 Å². The lowest BCUT2D eigenvalue weighted by Crippen LogP contribution is -2.43. The zero-order chi connectivity index (χ0) is 19.2. The van der Waals surface area contributed by atoms with Crippen molar-refractivity contribution in [2.24, 2.45) is 0 Å². The van der Waals surface area contributed by atoms with Crippen LogP contribution in [0.1, 0.15) is 28.4 Å². The summed E-state index contributed by atoms with van der Waals surface area (Å²) in [5.41, 5.74) is 2.89. The Kier molecular flexibility index (Phi) is 5.86. The van der Waals surface area contributed by atoms with E-state index in [1.54, 1.807) is 36.1 Å². The van der Waals surface area contributed by atoms with Crippen LogP contribution in [-0.4, -0.2) is 42.3 Å². The number of carbonyl (C=O) groups is 3. The molecule has 1 heterocycles. The molecule has 0 aromatic heterocycles. The smallest absolute Gasteiger partial charge is 0.344 e. The fourth-order valence-corrected chi connectivity index (χ4v) is 3.01. The van der Waals surface area contributed by atoms with E-state index in [1.807, 2.05) is 18.2 Å². The van der Waals surface area contributed by atoms with Gasteiger partial charge in [0.1, 0.15) is 12.0 Å². The van der Waals surface area contributed by atoms with Crippen molar-refractivity contribution in [2.75, 3.05) is 13.2 Å². The molecule has 0 unspecified atom stereocenters. The summed E-state index contributed by atoms with van der Waals surface area (Å²) in [4.78, 5) is 36.8. The van der Waals surface area contributed by atoms with E-state index in [-0.39, 0.29) is 12.5 Å². The quantitative estimate of drug-likeness (QED) is 0.579. The maximum Gasteiger partial charge on any atom is 0.344 e. The Labute approximate surface area is 157 Å². The first-order valence-corrected chi connectivity index (χ1v) is 8.80. The van der Waals surface area contributed by atoms with Gasteiger partial charge in [-0.3, -0.25) is 9.59 Å². The molecule has 0 spiro atoms. The van der Waals surface area contributed by atoms with Gasteiger partial charge in [-0.15, -0.1) is 0 Å². The Morgan fingerprint density at radius 3 is 2.52 bits per heavy atom. The number of fused-ring (bicyclic) bond motifs is 1. The van der Waals surface area contributed by atoms with E-state index in [9.17, 15) is 14.4 Å². The summed E-state index contributed by atoms with van der Waals surface area (Å²) in [5.74, 6) is -0.384. The average molecular weight is 367 g/mol. The van der Waals surface area contributed by atoms with Gasteiger partial charge in [-0.1, -0.05) is 24.3 Å². The lowest BCUT2D eigenvalue weighted by Gasteiger charge is -2.30. The van der Waals surface area contributed by atoms with Gasteiger partial charge >= 0.3 is 5.97 Å². The van der Waals surface area contributed by atoms with Gasteiger partial charge < -0.3 is 14.4 Å². The van der Waals surface area contributed by atoms with Crippen molar-refractivity contribution < 1.29 is 23.9 Å². The second kappa shape index (κ2) is 8.49. The van der Waals surface area contributed by atoms with Crippen molar-refractivity contribution in [1.29, 1.82) is 0 Å². The maximum absolute atomic E-state index is 12.6. The van der Waals surface area contributed by atoms with E-state index in [2.05, 4.69) is 6.07 Å². The Morgan fingerprint density at radius 1 is 1.11 bits per heavy atom. The van der Waals surface area contributed by atoms with Crippen molar-refractivity contribution in [3.8, 4) is 5.75 Å². The van der Waals surface area contributed by atoms with E-state index < -0.39 is 12.1 Å². The van der Waals surface area contributed by atoms with Crippen molar-refractivity contribution in [1.82, 2.24) is 4.90 Å². The van der Waals surface area contributed by atoms with Crippen LogP contribution in [0.4, 0.5) is 0 Å². The molecule has 1 aliphatic heterocycles. The lowest BCUT2D eigenvalue weighted by molar-refractivity contribution is -0.161. The number of ether oxygens (including phenoxy) is 2. The van der Waals surface area contributed by atoms with Crippen LogP contribution in [-0.2, 0) is 27.3 Å². The van der Waals surface area contributed by atoms with E-state index in [1.165, 1.54) is 5.56 Å². The van der Waals surface area contributed by atoms with Crippen molar-refractivity contribution in [3.63, 3.8) is 0 Å². The molecule has 3 rings (SSSR count). The molecular formula is C21H21NO5. The number of carbonyl (C=O) groups excluding carboxylic acids is 3. The molecule has 2 aromatic carbocycles. The van der Waals surface area contributed by atoms with Gasteiger partial charge in [0.15, 0.2) is 12.7 Å². The van der Waals surface area contributed by atoms with Gasteiger partial charge in [-0.2, -0.15) is 0 Å². The van der Waals surface area contributed by atoms with Crippen LogP contribution in [0, 0.1) is 0 Å². The molecule has 0 aliphatic carbocycles. The number of aldehydes is 1. The third kappa shape index (κ3) is 4.73. The third-order valence-electron chi connectivity index (χ3n) is 4.47. The highest BCUT2D eigenvalue weighted by Crippen LogP contribution is 2.19. The van der Waals surface area contributed by atoms with Crippen LogP contribution in [0.25, 0.3) is 0 Å². The Bertz CT molecular complexity index is 831. The zero-order valence-electron chi connectivity index (χ0n) is 15.1. The zero-order valence-corrected chi connectivity index (χ0v) is 15.1. The van der Waals surface area contributed by atoms with Crippen LogP contribution >= 0.6 is 0 Å². The standard InChI is InChI=1S/C21H21NO5/c1-15(21(25)22-11-10-17-4-2-3-5-18(17)12-22)27-20(24)14-26-19-8-6-16(13-23)7-9-19/h2-9,13,15H,10-12,14H2,1H3/t15-/m1/s1. The molecule has 1 aliphatic rings. The fraction of sp³-hybridized carbons (Fsp3) is 0.286. The maximum atomic E-state index is 12.6. The van der Waals surface area contributed by atoms with Gasteiger partial charge in [0, 0.05) is 18.7 Å². The molecule has 1 amide bonds. The van der Waals surface area contributed by atoms with Gasteiger partial charge in [-0.25, -0.2) is 4.79 Å². The summed E-state index contributed by atoms with van der Waals surface area (Å²) in [5, 5.41) is 0. The van der Waals surface area contributed by atoms with Gasteiger partial charge in [0.25, 0.3) is 5.91 Å². The lowest BCUT2D eigenvalue weighted by atomic mass is 9.99. The minimum Gasteiger partial charge on any atom is -0.482 e. The van der Waals surface area contributed by atoms with E-state index in [0.717, 1.165) is 18.3 Å². The van der Waals surface area contributed by atoms with Crippen LogP contribution in [0.15, 0.2) is 48.5 Å². The van der Waals surface area contributed by atoms with E-state index >= 15 is 0 Å². The van der Waals surface area contributed by atoms with Crippen molar-refractivity contribution >= 4 is 18.2 Å². The Hall–Kier alpha value is -3.15. The number of hydrogen-bond acceptors (Lipinski definition) is 5. The van der Waals surface area contributed by atoms with Crippen LogP contribution < -0.4 is 4.74 Å². The molecule has 27 heavy (non-hydrogen) atoms. The second-order valence-corrected chi connectivity index (χ2v) is 6.39. The number of amides is 1. The Balaban J connectivity index is 1.49. The number of esters is 1. The topological polar surface area (TPSA) is 72.9 Å². The van der Waals surface area contributed by atoms with Crippen LogP contribution in [0.5, 0.6) is 5.75 Å². The number of hydrogen-bond donors (Lipinski definition) is 0. The summed E-state index contributed by atoms with van der Waals surface area (Å²) in [6.45, 7) is 2.40. The van der Waals surface area contributed by atoms with E-state index in [0.29, 0.717) is 24.4 Å². The van der Waals surface area contributed by atoms with Gasteiger partial charge in [0.2, 0.25) is 0 Å². The number of benzene rings is 2. The van der Waals surface area contributed by atoms with E-state index in [4.69, 9.17) is 9.47 Å². The summed E-state index contributed by atoms with van der Waals surface area (Å²) in [6.07, 6.45) is 0.649. The molecule has 0 fully saturated rings. The summed E-state index contributed by atoms with van der Waals surface area (Å²) in [6, 6.07) is 14.4. The summed E-state index contributed by atoms with van der Waals surface area (Å²) < 4.78 is 10.5. The van der Waals surface area contributed by atoms with Gasteiger partial charge in [-0.05, 0) is 48.7 Å². The predicted octanol–water partition coefficient (Wildman–Crippen LogP) is 2.39. The molecule has 0 radical (unpaired) electrons. The molecule has 0 saturated heterocycles. The first-order valence-electron chi connectivity index (χ1n) is 8.80. The molecule has 6 nitrogen and oxygen atoms in total. The predicted molar refractivity (Wildman–Crippen MR) is 98.4 cm³/mol. The van der Waals surface area contributed by atoms with Crippen molar-refractivity contribution in [2.45, 2.75) is 26.0 Å². The second-order valence-electron chi connectivity index (χ2n) is 6.39. The summed E-state index contributed by atoms with van der Waals surface area (Å²) in [7, 11) is 0. The highest BCUT2D eigenvalue weighted by molar-refractivity contribution is 5.84. The normalized spacial score (nSPS) is 14.0. The highest BCUT2D eigenvalue weighted by Gasteiger charge is 2.26. The van der Waals surface area contributed by atoms with Gasteiger partial charge in [0.05, 0.1) is 0 Å². The SMILES string of the molecule is C[C@@H](OC(=O)COc1ccc(C=O)cc1)C(=O)N1CCc2ccccc2C1. The molecule has 0 saturated carbocycles. The monoisotopic (exact) mass is 367 g/mol. The van der Waals surface area contributed by atoms with Crippen LogP contribution in [0.2, 0.25) is 0 Å². The molecule has 140 valence electrons. The van der Waals surface area contributed by atoms with Crippen LogP contribution in [0.3, 0.4) is 0 Å². The minimum atomic E-state index is -0.871. The average Bonchev–Trinajstić information content (AvgIpc) is 2.71. The summed E-state index contributed by atoms with van der Waals surface area (Å²) >= 11 is 0. The number of nitrogens with zero attached hydrogens (tertiary/aromatic N) is 1. The molecule has 0 N–H and O–H groups in total. The number of rotatable bonds is 6.